The number of hydrogen-bond donors (Lipinski definition) is 2. The van der Waals surface area contributed by atoms with Crippen LogP contribution < -0.4 is 10.6 Å². The van der Waals surface area contributed by atoms with E-state index in [4.69, 9.17) is 4.52 Å². The summed E-state index contributed by atoms with van der Waals surface area (Å²) >= 11 is 2.07. The van der Waals surface area contributed by atoms with Gasteiger partial charge in [0.15, 0.2) is 5.82 Å². The minimum Gasteiger partial charge on any atom is -0.340 e. The van der Waals surface area contributed by atoms with Crippen molar-refractivity contribution < 1.29 is 4.52 Å². The predicted molar refractivity (Wildman–Crippen MR) is 155 cm³/mol. The van der Waals surface area contributed by atoms with E-state index in [0.29, 0.717) is 29.9 Å². The molecule has 7 unspecified atom stereocenters. The molecule has 3 saturated carbocycles. The van der Waals surface area contributed by atoms with Crippen LogP contribution in [0.5, 0.6) is 0 Å². The maximum Gasteiger partial charge on any atom is 0.223 e. The fourth-order valence-corrected chi connectivity index (χ4v) is 10.1. The van der Waals surface area contributed by atoms with Crippen LogP contribution in [-0.2, 0) is 13.0 Å². The van der Waals surface area contributed by atoms with Gasteiger partial charge >= 0.3 is 0 Å². The van der Waals surface area contributed by atoms with E-state index in [9.17, 15) is 0 Å². The van der Waals surface area contributed by atoms with E-state index in [-0.39, 0.29) is 5.54 Å². The summed E-state index contributed by atoms with van der Waals surface area (Å²) in [5.41, 5.74) is 1.99. The zero-order valence-corrected chi connectivity index (χ0v) is 25.2. The lowest BCUT2D eigenvalue weighted by Gasteiger charge is -2.51. The first-order valence-corrected chi connectivity index (χ1v) is 16.0. The van der Waals surface area contributed by atoms with Crippen LogP contribution in [-0.4, -0.2) is 21.2 Å². The van der Waals surface area contributed by atoms with Gasteiger partial charge in [0.05, 0.1) is 6.54 Å². The van der Waals surface area contributed by atoms with Crippen molar-refractivity contribution in [3.8, 4) is 0 Å². The molecule has 0 saturated heterocycles. The largest absolute Gasteiger partial charge is 0.340 e. The average Bonchev–Trinajstić information content (AvgIpc) is 3.21. The highest BCUT2D eigenvalue weighted by molar-refractivity contribution is 7.12. The second kappa shape index (κ2) is 10.2. The fraction of sp³-hybridized carbons (Fsp3) is 0.750. The van der Waals surface area contributed by atoms with Crippen molar-refractivity contribution in [3.05, 3.63) is 45.3 Å². The molecule has 6 rings (SSSR count). The predicted octanol–water partition coefficient (Wildman–Crippen LogP) is 7.39. The van der Waals surface area contributed by atoms with E-state index in [1.807, 2.05) is 6.92 Å². The third-order valence-corrected chi connectivity index (χ3v) is 11.5. The topological polar surface area (TPSA) is 63.0 Å². The molecule has 7 atom stereocenters. The molecule has 2 heterocycles. The van der Waals surface area contributed by atoms with Gasteiger partial charge in [-0.15, -0.1) is 11.3 Å². The first-order valence-electron chi connectivity index (χ1n) is 15.2. The molecule has 208 valence electrons. The lowest BCUT2D eigenvalue weighted by atomic mass is 9.61. The second-order valence-electron chi connectivity index (χ2n) is 14.2. The zero-order valence-electron chi connectivity index (χ0n) is 24.3. The van der Waals surface area contributed by atoms with Crippen LogP contribution in [0.25, 0.3) is 0 Å². The maximum absolute atomic E-state index is 5.17. The first-order chi connectivity index (χ1) is 18.1. The molecule has 0 aliphatic heterocycles. The van der Waals surface area contributed by atoms with Gasteiger partial charge in [-0.25, -0.2) is 0 Å². The van der Waals surface area contributed by atoms with E-state index in [0.717, 1.165) is 41.8 Å². The van der Waals surface area contributed by atoms with Gasteiger partial charge in [-0.3, -0.25) is 0 Å². The van der Waals surface area contributed by atoms with Crippen molar-refractivity contribution in [2.75, 3.05) is 0 Å². The Morgan fingerprint density at radius 1 is 1.11 bits per heavy atom. The van der Waals surface area contributed by atoms with Crippen molar-refractivity contribution in [2.45, 2.75) is 117 Å². The summed E-state index contributed by atoms with van der Waals surface area (Å²) in [6.07, 6.45) is 13.1. The molecule has 2 aromatic rings. The van der Waals surface area contributed by atoms with Crippen LogP contribution in [0.15, 0.2) is 28.3 Å². The van der Waals surface area contributed by atoms with Gasteiger partial charge in [-0.05, 0) is 113 Å². The lowest BCUT2D eigenvalue weighted by molar-refractivity contribution is 0.0484. The van der Waals surface area contributed by atoms with Crippen molar-refractivity contribution in [2.24, 2.45) is 35.5 Å². The van der Waals surface area contributed by atoms with Crippen LogP contribution in [0.3, 0.4) is 0 Å². The summed E-state index contributed by atoms with van der Waals surface area (Å²) in [7, 11) is 0. The number of thiophene rings is 1. The summed E-state index contributed by atoms with van der Waals surface area (Å²) in [5, 5.41) is 12.0. The van der Waals surface area contributed by atoms with Crippen molar-refractivity contribution in [3.63, 3.8) is 0 Å². The van der Waals surface area contributed by atoms with E-state index < -0.39 is 0 Å². The van der Waals surface area contributed by atoms with Gasteiger partial charge in [0, 0.05) is 33.8 Å². The molecule has 5 nitrogen and oxygen atoms in total. The van der Waals surface area contributed by atoms with Gasteiger partial charge in [-0.2, -0.15) is 4.98 Å². The van der Waals surface area contributed by atoms with Crippen LogP contribution in [0.2, 0.25) is 0 Å². The first kappa shape index (κ1) is 26.7. The van der Waals surface area contributed by atoms with E-state index in [1.54, 1.807) is 10.5 Å². The molecule has 0 aromatic carbocycles. The Labute approximate surface area is 233 Å². The molecule has 38 heavy (non-hydrogen) atoms. The lowest BCUT2D eigenvalue weighted by Crippen LogP contribution is -2.54. The minimum absolute atomic E-state index is 0.0166. The monoisotopic (exact) mass is 536 g/mol. The molecule has 4 aliphatic carbocycles. The van der Waals surface area contributed by atoms with E-state index in [1.165, 1.54) is 49.8 Å². The van der Waals surface area contributed by atoms with Gasteiger partial charge in [-0.1, -0.05) is 37.6 Å². The Hall–Kier alpha value is -1.50. The summed E-state index contributed by atoms with van der Waals surface area (Å²) < 4.78 is 5.17. The standard InChI is InChI=1S/C32H48N4OS/c1-19-9-24-10-20(2)14-32(13-19,16-24)35-22(4)29-8-7-26(38-29)12-27-21(3)15-31(6,17-25-11-28(25)27)33-18-30-34-23(5)37-36-30/h7-8,17,19-22,24,27-28,33,35H,9-16,18H2,1-6H3. The van der Waals surface area contributed by atoms with Crippen molar-refractivity contribution in [1.82, 2.24) is 20.8 Å². The van der Waals surface area contributed by atoms with Gasteiger partial charge in [0.2, 0.25) is 5.89 Å². The molecule has 4 aliphatic rings. The summed E-state index contributed by atoms with van der Waals surface area (Å²) in [5.74, 6) is 6.16. The second-order valence-corrected chi connectivity index (χ2v) is 15.4. The number of aryl methyl sites for hydroxylation is 1. The average molecular weight is 537 g/mol. The molecular formula is C32H48N4OS. The van der Waals surface area contributed by atoms with Crippen molar-refractivity contribution >= 4 is 11.3 Å². The Balaban J connectivity index is 1.09. The van der Waals surface area contributed by atoms with Gasteiger partial charge in [0.1, 0.15) is 0 Å². The highest BCUT2D eigenvalue weighted by Gasteiger charge is 2.46. The normalized spacial score (nSPS) is 39.3. The van der Waals surface area contributed by atoms with E-state index in [2.05, 4.69) is 84.9 Å². The SMILES string of the molecule is Cc1nc(CNC2(C)C=C3CC3C(Cc3ccc(C(C)NC45CC(C)CC(CC(C)C4)C5)s3)C(C)C2)no1. The van der Waals surface area contributed by atoms with Crippen LogP contribution in [0.4, 0.5) is 0 Å². The molecule has 0 radical (unpaired) electrons. The van der Waals surface area contributed by atoms with Crippen LogP contribution >= 0.6 is 11.3 Å². The van der Waals surface area contributed by atoms with Crippen LogP contribution in [0.1, 0.15) is 107 Å². The summed E-state index contributed by atoms with van der Waals surface area (Å²) in [6.45, 7) is 14.7. The molecule has 3 fully saturated rings. The Morgan fingerprint density at radius 2 is 1.87 bits per heavy atom. The number of fused-ring (bicyclic) bond motifs is 3. The smallest absolute Gasteiger partial charge is 0.223 e. The van der Waals surface area contributed by atoms with Crippen molar-refractivity contribution in [1.29, 1.82) is 0 Å². The minimum atomic E-state index is -0.0166. The summed E-state index contributed by atoms with van der Waals surface area (Å²) in [4.78, 5) is 7.48. The van der Waals surface area contributed by atoms with Gasteiger partial charge < -0.3 is 15.2 Å². The third kappa shape index (κ3) is 5.69. The molecule has 0 amide bonds. The molecular weight excluding hydrogens is 488 g/mol. The Morgan fingerprint density at radius 3 is 2.58 bits per heavy atom. The highest BCUT2D eigenvalue weighted by atomic mass is 32.1. The molecule has 0 spiro atoms. The number of hydrogen-bond acceptors (Lipinski definition) is 6. The molecule has 6 heteroatoms. The number of nitrogens with one attached hydrogen (secondary N) is 2. The van der Waals surface area contributed by atoms with Gasteiger partial charge in [0.25, 0.3) is 0 Å². The highest BCUT2D eigenvalue weighted by Crippen LogP contribution is 2.53. The number of nitrogens with zero attached hydrogens (tertiary/aromatic N) is 2. The van der Waals surface area contributed by atoms with E-state index >= 15 is 0 Å². The number of rotatable bonds is 8. The molecule has 2 N–H and O–H groups in total. The summed E-state index contributed by atoms with van der Waals surface area (Å²) in [6, 6.07) is 5.30. The Bertz CT molecular complexity index is 1150. The molecule has 2 bridgehead atoms. The number of allylic oxidation sites excluding steroid dienone is 1. The maximum atomic E-state index is 5.17. The fourth-order valence-electron chi connectivity index (χ4n) is 9.01. The Kier molecular flexibility index (Phi) is 7.14. The zero-order chi connectivity index (χ0) is 26.7. The molecule has 2 aromatic heterocycles. The quantitative estimate of drug-likeness (QED) is 0.345. The number of aromatic nitrogens is 2. The third-order valence-electron chi connectivity index (χ3n) is 10.2. The van der Waals surface area contributed by atoms with Crippen LogP contribution in [0, 0.1) is 42.4 Å².